The lowest BCUT2D eigenvalue weighted by Crippen LogP contribution is -2.33. The number of hydrogen-bond donors (Lipinski definition) is 2. The highest BCUT2D eigenvalue weighted by Gasteiger charge is 2.10. The summed E-state index contributed by atoms with van der Waals surface area (Å²) in [4.78, 5) is 15.6. The summed E-state index contributed by atoms with van der Waals surface area (Å²) >= 11 is 0. The molecule has 0 aliphatic carbocycles. The van der Waals surface area contributed by atoms with Crippen molar-refractivity contribution < 1.29 is 4.79 Å². The highest BCUT2D eigenvalue weighted by Crippen LogP contribution is 2.06. The molecule has 4 nitrogen and oxygen atoms in total. The van der Waals surface area contributed by atoms with Gasteiger partial charge in [0.25, 0.3) is 5.91 Å². The Bertz CT molecular complexity index is 346. The van der Waals surface area contributed by atoms with E-state index in [9.17, 15) is 4.79 Å². The van der Waals surface area contributed by atoms with E-state index in [2.05, 4.69) is 24.1 Å². The monoisotopic (exact) mass is 221 g/mol. The second kappa shape index (κ2) is 5.49. The van der Waals surface area contributed by atoms with Crippen molar-refractivity contribution in [2.24, 2.45) is 5.92 Å². The van der Waals surface area contributed by atoms with Gasteiger partial charge >= 0.3 is 0 Å². The Balaban J connectivity index is 2.55. The number of carbonyl (C=O) groups is 1. The summed E-state index contributed by atoms with van der Waals surface area (Å²) in [5.74, 6) is 0.896. The van der Waals surface area contributed by atoms with Crippen LogP contribution in [0.3, 0.4) is 0 Å². The zero-order valence-corrected chi connectivity index (χ0v) is 10.0. The first-order valence-corrected chi connectivity index (χ1v) is 5.51. The molecule has 1 rings (SSSR count). The molecule has 1 heterocycles. The van der Waals surface area contributed by atoms with E-state index in [1.54, 1.807) is 12.1 Å². The van der Waals surface area contributed by atoms with Crippen LogP contribution < -0.4 is 11.1 Å². The zero-order chi connectivity index (χ0) is 12.1. The molecule has 0 saturated heterocycles. The largest absolute Gasteiger partial charge is 0.384 e. The minimum atomic E-state index is -0.0966. The summed E-state index contributed by atoms with van der Waals surface area (Å²) in [5.41, 5.74) is 6.00. The molecule has 1 atom stereocenters. The van der Waals surface area contributed by atoms with Crippen molar-refractivity contribution in [3.63, 3.8) is 0 Å². The molecule has 0 spiro atoms. The average molecular weight is 221 g/mol. The quantitative estimate of drug-likeness (QED) is 0.815. The van der Waals surface area contributed by atoms with Crippen LogP contribution in [0.5, 0.6) is 0 Å². The fraction of sp³-hybridized carbons (Fsp3) is 0.500. The van der Waals surface area contributed by atoms with Crippen LogP contribution in [0, 0.1) is 5.92 Å². The Hall–Kier alpha value is -1.58. The molecule has 16 heavy (non-hydrogen) atoms. The molecule has 1 amide bonds. The number of carbonyl (C=O) groups excluding carboxylic acids is 1. The first-order chi connectivity index (χ1) is 7.49. The lowest BCUT2D eigenvalue weighted by molar-refractivity contribution is 0.0936. The minimum Gasteiger partial charge on any atom is -0.384 e. The molecule has 0 aromatic carbocycles. The fourth-order valence-electron chi connectivity index (χ4n) is 1.61. The van der Waals surface area contributed by atoms with Gasteiger partial charge in [0.05, 0.1) is 5.56 Å². The van der Waals surface area contributed by atoms with E-state index in [-0.39, 0.29) is 11.9 Å². The van der Waals surface area contributed by atoms with Gasteiger partial charge in [0.15, 0.2) is 0 Å². The summed E-state index contributed by atoms with van der Waals surface area (Å²) in [5, 5.41) is 2.93. The molecule has 1 aromatic rings. The number of nitrogens with one attached hydrogen (secondary N) is 1. The summed E-state index contributed by atoms with van der Waals surface area (Å²) < 4.78 is 0. The van der Waals surface area contributed by atoms with E-state index in [1.165, 1.54) is 6.20 Å². The number of nitrogens with zero attached hydrogens (tertiary/aromatic N) is 1. The van der Waals surface area contributed by atoms with Gasteiger partial charge in [0, 0.05) is 12.2 Å². The highest BCUT2D eigenvalue weighted by atomic mass is 16.1. The third-order valence-corrected chi connectivity index (χ3v) is 2.25. The summed E-state index contributed by atoms with van der Waals surface area (Å²) in [6.07, 6.45) is 2.46. The molecule has 0 aliphatic heterocycles. The lowest BCUT2D eigenvalue weighted by Gasteiger charge is -2.15. The lowest BCUT2D eigenvalue weighted by atomic mass is 10.1. The molecule has 88 valence electrons. The van der Waals surface area contributed by atoms with E-state index in [4.69, 9.17) is 5.73 Å². The van der Waals surface area contributed by atoms with Gasteiger partial charge in [-0.15, -0.1) is 0 Å². The van der Waals surface area contributed by atoms with Crippen molar-refractivity contribution in [1.82, 2.24) is 10.3 Å². The number of nitrogens with two attached hydrogens (primary N) is 1. The number of hydrogen-bond acceptors (Lipinski definition) is 3. The van der Waals surface area contributed by atoms with Gasteiger partial charge in [-0.25, -0.2) is 4.98 Å². The van der Waals surface area contributed by atoms with Gasteiger partial charge in [-0.2, -0.15) is 0 Å². The molecule has 0 bridgehead atoms. The second-order valence-corrected chi connectivity index (χ2v) is 4.48. The van der Waals surface area contributed by atoms with Crippen LogP contribution in [0.2, 0.25) is 0 Å². The molecular weight excluding hydrogens is 202 g/mol. The molecule has 1 aromatic heterocycles. The molecule has 1 unspecified atom stereocenters. The summed E-state index contributed by atoms with van der Waals surface area (Å²) in [6, 6.07) is 3.48. The van der Waals surface area contributed by atoms with Crippen LogP contribution >= 0.6 is 0 Å². The van der Waals surface area contributed by atoms with Gasteiger partial charge in [-0.05, 0) is 31.4 Å². The molecule has 0 radical (unpaired) electrons. The van der Waals surface area contributed by atoms with Crippen molar-refractivity contribution in [3.05, 3.63) is 23.9 Å². The molecule has 3 N–H and O–H groups in total. The maximum Gasteiger partial charge on any atom is 0.253 e. The predicted molar refractivity (Wildman–Crippen MR) is 65.0 cm³/mol. The Morgan fingerprint density at radius 2 is 2.12 bits per heavy atom. The third-order valence-electron chi connectivity index (χ3n) is 2.25. The highest BCUT2D eigenvalue weighted by molar-refractivity contribution is 5.94. The zero-order valence-electron chi connectivity index (χ0n) is 10.0. The van der Waals surface area contributed by atoms with Crippen molar-refractivity contribution in [2.45, 2.75) is 33.2 Å². The number of anilines is 1. The van der Waals surface area contributed by atoms with Crippen molar-refractivity contribution in [1.29, 1.82) is 0 Å². The topological polar surface area (TPSA) is 68.0 Å². The number of rotatable bonds is 4. The summed E-state index contributed by atoms with van der Waals surface area (Å²) in [6.45, 7) is 6.27. The van der Waals surface area contributed by atoms with Crippen LogP contribution in [-0.2, 0) is 0 Å². The van der Waals surface area contributed by atoms with Gasteiger partial charge in [-0.3, -0.25) is 4.79 Å². The Morgan fingerprint density at radius 1 is 1.44 bits per heavy atom. The second-order valence-electron chi connectivity index (χ2n) is 4.48. The Morgan fingerprint density at radius 3 is 2.62 bits per heavy atom. The summed E-state index contributed by atoms with van der Waals surface area (Å²) in [7, 11) is 0. The SMILES string of the molecule is CC(C)CC(C)NC(=O)c1ccc(N)nc1. The molecular formula is C12H19N3O. The average Bonchev–Trinajstić information content (AvgIpc) is 2.16. The maximum atomic E-state index is 11.8. The van der Waals surface area contributed by atoms with Crippen molar-refractivity contribution in [3.8, 4) is 0 Å². The first-order valence-electron chi connectivity index (χ1n) is 5.51. The van der Waals surface area contributed by atoms with E-state index in [1.807, 2.05) is 6.92 Å². The number of nitrogen functional groups attached to an aromatic ring is 1. The van der Waals surface area contributed by atoms with Crippen molar-refractivity contribution >= 4 is 11.7 Å². The number of aromatic nitrogens is 1. The smallest absolute Gasteiger partial charge is 0.253 e. The number of pyridine rings is 1. The van der Waals surface area contributed by atoms with Crippen LogP contribution in [0.15, 0.2) is 18.3 Å². The fourth-order valence-corrected chi connectivity index (χ4v) is 1.61. The molecule has 0 saturated carbocycles. The normalized spacial score (nSPS) is 12.5. The Labute approximate surface area is 96.3 Å². The Kier molecular flexibility index (Phi) is 4.28. The third kappa shape index (κ3) is 3.88. The predicted octanol–water partition coefficient (Wildman–Crippen LogP) is 1.83. The van der Waals surface area contributed by atoms with Crippen LogP contribution in [0.4, 0.5) is 5.82 Å². The van der Waals surface area contributed by atoms with Crippen molar-refractivity contribution in [2.75, 3.05) is 5.73 Å². The molecule has 0 aliphatic rings. The molecule has 4 heteroatoms. The maximum absolute atomic E-state index is 11.8. The van der Waals surface area contributed by atoms with Crippen LogP contribution in [0.25, 0.3) is 0 Å². The van der Waals surface area contributed by atoms with Gasteiger partial charge < -0.3 is 11.1 Å². The van der Waals surface area contributed by atoms with Crippen LogP contribution in [-0.4, -0.2) is 16.9 Å². The van der Waals surface area contributed by atoms with Gasteiger partial charge in [0.2, 0.25) is 0 Å². The van der Waals surface area contributed by atoms with E-state index < -0.39 is 0 Å². The standard InChI is InChI=1S/C12H19N3O/c1-8(2)6-9(3)15-12(16)10-4-5-11(13)14-7-10/h4-5,7-9H,6H2,1-3H3,(H2,13,14)(H,15,16). The van der Waals surface area contributed by atoms with Gasteiger partial charge in [-0.1, -0.05) is 13.8 Å². The molecule has 0 fully saturated rings. The first kappa shape index (κ1) is 12.5. The van der Waals surface area contributed by atoms with E-state index >= 15 is 0 Å². The minimum absolute atomic E-state index is 0.0966. The van der Waals surface area contributed by atoms with Gasteiger partial charge in [0.1, 0.15) is 5.82 Å². The van der Waals surface area contributed by atoms with E-state index in [0.29, 0.717) is 17.3 Å². The number of amides is 1. The van der Waals surface area contributed by atoms with Crippen LogP contribution in [0.1, 0.15) is 37.6 Å². The van der Waals surface area contributed by atoms with E-state index in [0.717, 1.165) is 6.42 Å².